The summed E-state index contributed by atoms with van der Waals surface area (Å²) in [5, 5.41) is 12.8. The predicted molar refractivity (Wildman–Crippen MR) is 68.3 cm³/mol. The summed E-state index contributed by atoms with van der Waals surface area (Å²) >= 11 is 1.72. The van der Waals surface area contributed by atoms with Gasteiger partial charge in [-0.25, -0.2) is 0 Å². The fourth-order valence-electron chi connectivity index (χ4n) is 1.43. The molecule has 0 saturated heterocycles. The first-order valence-corrected chi connectivity index (χ1v) is 6.71. The van der Waals surface area contributed by atoms with E-state index in [1.54, 1.807) is 11.3 Å². The van der Waals surface area contributed by atoms with Crippen molar-refractivity contribution >= 4 is 17.3 Å². The SMILES string of the molecule is N[C@@H](COCCCCCc1ccsc1)C(=O)O. The molecule has 0 saturated carbocycles. The summed E-state index contributed by atoms with van der Waals surface area (Å²) in [6.45, 7) is 0.685. The van der Waals surface area contributed by atoms with Crippen molar-refractivity contribution in [1.29, 1.82) is 0 Å². The van der Waals surface area contributed by atoms with Gasteiger partial charge in [0.1, 0.15) is 6.04 Å². The van der Waals surface area contributed by atoms with Gasteiger partial charge in [-0.05, 0) is 41.7 Å². The number of aliphatic carboxylic acids is 1. The molecule has 1 rings (SSSR count). The van der Waals surface area contributed by atoms with Gasteiger partial charge in [0, 0.05) is 6.61 Å². The highest BCUT2D eigenvalue weighted by molar-refractivity contribution is 7.07. The van der Waals surface area contributed by atoms with Crippen LogP contribution in [0.5, 0.6) is 0 Å². The average molecular weight is 257 g/mol. The minimum absolute atomic E-state index is 0.0971. The zero-order valence-electron chi connectivity index (χ0n) is 9.80. The van der Waals surface area contributed by atoms with Gasteiger partial charge in [0.2, 0.25) is 0 Å². The van der Waals surface area contributed by atoms with E-state index >= 15 is 0 Å². The Labute approximate surface area is 105 Å². The van der Waals surface area contributed by atoms with Crippen LogP contribution in [0.25, 0.3) is 0 Å². The summed E-state index contributed by atoms with van der Waals surface area (Å²) in [5.41, 5.74) is 6.69. The van der Waals surface area contributed by atoms with Gasteiger partial charge in [0.25, 0.3) is 0 Å². The Hall–Kier alpha value is -0.910. The lowest BCUT2D eigenvalue weighted by Crippen LogP contribution is -2.34. The van der Waals surface area contributed by atoms with Crippen molar-refractivity contribution < 1.29 is 14.6 Å². The first-order valence-electron chi connectivity index (χ1n) is 5.77. The van der Waals surface area contributed by atoms with E-state index < -0.39 is 12.0 Å². The van der Waals surface area contributed by atoms with Crippen molar-refractivity contribution in [3.8, 4) is 0 Å². The fraction of sp³-hybridized carbons (Fsp3) is 0.583. The largest absolute Gasteiger partial charge is 0.480 e. The normalized spacial score (nSPS) is 12.5. The second-order valence-corrected chi connectivity index (χ2v) is 4.74. The van der Waals surface area contributed by atoms with Gasteiger partial charge in [-0.3, -0.25) is 4.79 Å². The summed E-state index contributed by atoms with van der Waals surface area (Å²) < 4.78 is 5.19. The molecular formula is C12H19NO3S. The number of thiophene rings is 1. The van der Waals surface area contributed by atoms with Crippen LogP contribution in [0.1, 0.15) is 24.8 Å². The van der Waals surface area contributed by atoms with E-state index in [0.717, 1.165) is 25.7 Å². The van der Waals surface area contributed by atoms with E-state index in [-0.39, 0.29) is 6.61 Å². The first-order chi connectivity index (χ1) is 8.20. The van der Waals surface area contributed by atoms with Gasteiger partial charge in [0.15, 0.2) is 0 Å². The summed E-state index contributed by atoms with van der Waals surface area (Å²) in [6, 6.07) is 1.24. The van der Waals surface area contributed by atoms with Crippen LogP contribution in [0.4, 0.5) is 0 Å². The number of unbranched alkanes of at least 4 members (excludes halogenated alkanes) is 2. The Bertz CT molecular complexity index is 314. The molecule has 0 radical (unpaired) electrons. The van der Waals surface area contributed by atoms with Crippen molar-refractivity contribution in [3.05, 3.63) is 22.4 Å². The van der Waals surface area contributed by atoms with Crippen LogP contribution in [-0.4, -0.2) is 30.3 Å². The van der Waals surface area contributed by atoms with Gasteiger partial charge in [-0.2, -0.15) is 11.3 Å². The third-order valence-electron chi connectivity index (χ3n) is 2.45. The molecule has 0 aliphatic rings. The van der Waals surface area contributed by atoms with Crippen LogP contribution in [0.2, 0.25) is 0 Å². The molecule has 4 nitrogen and oxygen atoms in total. The first kappa shape index (κ1) is 14.2. The number of aryl methyl sites for hydroxylation is 1. The molecule has 1 atom stereocenters. The maximum absolute atomic E-state index is 10.4. The Morgan fingerprint density at radius 1 is 1.47 bits per heavy atom. The highest BCUT2D eigenvalue weighted by atomic mass is 32.1. The third-order valence-corrected chi connectivity index (χ3v) is 3.18. The number of hydrogen-bond acceptors (Lipinski definition) is 4. The van der Waals surface area contributed by atoms with Gasteiger partial charge in [-0.1, -0.05) is 6.42 Å². The third kappa shape index (κ3) is 6.41. The monoisotopic (exact) mass is 257 g/mol. The number of rotatable bonds is 9. The van der Waals surface area contributed by atoms with E-state index in [0.29, 0.717) is 6.61 Å². The molecule has 1 heterocycles. The highest BCUT2D eigenvalue weighted by Crippen LogP contribution is 2.10. The highest BCUT2D eigenvalue weighted by Gasteiger charge is 2.10. The molecule has 1 aromatic heterocycles. The van der Waals surface area contributed by atoms with Crippen LogP contribution < -0.4 is 5.73 Å². The van der Waals surface area contributed by atoms with Gasteiger partial charge < -0.3 is 15.6 Å². The van der Waals surface area contributed by atoms with Crippen LogP contribution in [0.15, 0.2) is 16.8 Å². The van der Waals surface area contributed by atoms with Crippen LogP contribution in [-0.2, 0) is 16.0 Å². The number of carbonyl (C=O) groups is 1. The second kappa shape index (κ2) is 8.22. The standard InChI is InChI=1S/C12H19NO3S/c13-11(12(14)15)8-16-6-3-1-2-4-10-5-7-17-9-10/h5,7,9,11H,1-4,6,8,13H2,(H,14,15)/t11-/m0/s1. The topological polar surface area (TPSA) is 72.5 Å². The number of hydrogen-bond donors (Lipinski definition) is 2. The van der Waals surface area contributed by atoms with Crippen LogP contribution in [0.3, 0.4) is 0 Å². The maximum atomic E-state index is 10.4. The van der Waals surface area contributed by atoms with E-state index in [4.69, 9.17) is 15.6 Å². The average Bonchev–Trinajstić information content (AvgIpc) is 2.80. The lowest BCUT2D eigenvalue weighted by Gasteiger charge is -2.07. The van der Waals surface area contributed by atoms with E-state index in [2.05, 4.69) is 16.8 Å². The zero-order chi connectivity index (χ0) is 12.5. The Balaban J connectivity index is 1.89. The number of nitrogens with two attached hydrogens (primary N) is 1. The summed E-state index contributed by atoms with van der Waals surface area (Å²) in [7, 11) is 0. The molecule has 5 heteroatoms. The Morgan fingerprint density at radius 2 is 2.29 bits per heavy atom. The van der Waals surface area contributed by atoms with Gasteiger partial charge >= 0.3 is 5.97 Å². The van der Waals surface area contributed by atoms with Crippen LogP contribution >= 0.6 is 11.3 Å². The molecule has 0 amide bonds. The smallest absolute Gasteiger partial charge is 0.322 e. The molecule has 0 unspecified atom stereocenters. The number of carboxylic acid groups (broad SMARTS) is 1. The van der Waals surface area contributed by atoms with E-state index in [9.17, 15) is 4.79 Å². The number of carboxylic acids is 1. The van der Waals surface area contributed by atoms with Crippen LogP contribution in [0, 0.1) is 0 Å². The van der Waals surface area contributed by atoms with E-state index in [1.165, 1.54) is 5.56 Å². The Kier molecular flexibility index (Phi) is 6.84. The minimum atomic E-state index is -1.01. The summed E-state index contributed by atoms with van der Waals surface area (Å²) in [5.74, 6) is -1.01. The minimum Gasteiger partial charge on any atom is -0.480 e. The molecule has 0 bridgehead atoms. The second-order valence-electron chi connectivity index (χ2n) is 3.96. The van der Waals surface area contributed by atoms with Crippen molar-refractivity contribution in [1.82, 2.24) is 0 Å². The summed E-state index contributed by atoms with van der Waals surface area (Å²) in [4.78, 5) is 10.4. The molecule has 3 N–H and O–H groups in total. The molecule has 0 aromatic carbocycles. The lowest BCUT2D eigenvalue weighted by molar-refractivity contribution is -0.140. The fourth-order valence-corrected chi connectivity index (χ4v) is 2.13. The quantitative estimate of drug-likeness (QED) is 0.663. The molecule has 96 valence electrons. The molecule has 1 aromatic rings. The molecular weight excluding hydrogens is 238 g/mol. The predicted octanol–water partition coefficient (Wildman–Crippen LogP) is 1.89. The molecule has 0 fully saturated rings. The maximum Gasteiger partial charge on any atom is 0.322 e. The van der Waals surface area contributed by atoms with Crippen molar-refractivity contribution in [2.45, 2.75) is 31.7 Å². The zero-order valence-corrected chi connectivity index (χ0v) is 10.6. The van der Waals surface area contributed by atoms with Gasteiger partial charge in [0.05, 0.1) is 6.61 Å². The molecule has 0 aliphatic heterocycles. The van der Waals surface area contributed by atoms with Gasteiger partial charge in [-0.15, -0.1) is 0 Å². The molecule has 0 aliphatic carbocycles. The molecule has 17 heavy (non-hydrogen) atoms. The lowest BCUT2D eigenvalue weighted by atomic mass is 10.1. The summed E-state index contributed by atoms with van der Waals surface area (Å²) in [6.07, 6.45) is 4.30. The van der Waals surface area contributed by atoms with Crippen molar-refractivity contribution in [2.75, 3.05) is 13.2 Å². The van der Waals surface area contributed by atoms with E-state index in [1.807, 2.05) is 0 Å². The van der Waals surface area contributed by atoms with Crippen molar-refractivity contribution in [3.63, 3.8) is 0 Å². The number of ether oxygens (including phenoxy) is 1. The van der Waals surface area contributed by atoms with Crippen molar-refractivity contribution in [2.24, 2.45) is 5.73 Å². The Morgan fingerprint density at radius 3 is 2.94 bits per heavy atom. The molecule has 0 spiro atoms.